The normalized spacial score (nSPS) is 30.9. The number of cyclic esters (lactones) is 1. The number of allylic oxidation sites excluding steroid dienone is 1. The molecule has 2 rings (SSSR count). The van der Waals surface area contributed by atoms with Crippen LogP contribution in [-0.4, -0.2) is 51.4 Å². The number of aryl methyl sites for hydroxylation is 1. The summed E-state index contributed by atoms with van der Waals surface area (Å²) in [7, 11) is 0. The van der Waals surface area contributed by atoms with Crippen LogP contribution in [0.2, 0.25) is 0 Å². The molecule has 0 aromatic carbocycles. The summed E-state index contributed by atoms with van der Waals surface area (Å²) in [6.07, 6.45) is -5.89. The van der Waals surface area contributed by atoms with E-state index in [0.29, 0.717) is 11.3 Å². The molecule has 10 heteroatoms. The fourth-order valence-corrected chi connectivity index (χ4v) is 5.08. The van der Waals surface area contributed by atoms with Gasteiger partial charge in [0.25, 0.3) is 0 Å². The van der Waals surface area contributed by atoms with Crippen LogP contribution in [0.4, 0.5) is 13.2 Å². The molecular formula is C27H38F3NO5S. The van der Waals surface area contributed by atoms with Crippen molar-refractivity contribution in [2.75, 3.05) is 0 Å². The predicted molar refractivity (Wildman–Crippen MR) is 137 cm³/mol. The lowest BCUT2D eigenvalue weighted by atomic mass is 9.73. The highest BCUT2D eigenvalue weighted by Crippen LogP contribution is 2.35. The number of aliphatic hydroxyl groups excluding tert-OH is 2. The maximum absolute atomic E-state index is 13.8. The van der Waals surface area contributed by atoms with Gasteiger partial charge >= 0.3 is 12.1 Å². The van der Waals surface area contributed by atoms with Crippen LogP contribution in [0.15, 0.2) is 22.6 Å². The number of hydrogen-bond donors (Lipinski definition) is 2. The fraction of sp³-hybridized carbons (Fsp3) is 0.667. The first kappa shape index (κ1) is 31.2. The molecule has 2 N–H and O–H groups in total. The molecule has 0 saturated carbocycles. The van der Waals surface area contributed by atoms with Gasteiger partial charge < -0.3 is 14.9 Å². The number of carbonyl (C=O) groups is 2. The van der Waals surface area contributed by atoms with E-state index in [4.69, 9.17) is 4.74 Å². The van der Waals surface area contributed by atoms with Crippen molar-refractivity contribution >= 4 is 29.2 Å². The van der Waals surface area contributed by atoms with Crippen LogP contribution in [0.3, 0.4) is 0 Å². The molecule has 1 aliphatic heterocycles. The van der Waals surface area contributed by atoms with E-state index in [-0.39, 0.29) is 25.7 Å². The highest BCUT2D eigenvalue weighted by molar-refractivity contribution is 7.09. The van der Waals surface area contributed by atoms with Gasteiger partial charge in [-0.3, -0.25) is 9.59 Å². The Morgan fingerprint density at radius 3 is 2.46 bits per heavy atom. The van der Waals surface area contributed by atoms with E-state index in [1.54, 1.807) is 25.3 Å². The molecular weight excluding hydrogens is 507 g/mol. The Morgan fingerprint density at radius 2 is 1.89 bits per heavy atom. The first-order chi connectivity index (χ1) is 17.0. The number of aromatic nitrogens is 1. The Kier molecular flexibility index (Phi) is 10.7. The zero-order valence-electron chi connectivity index (χ0n) is 22.3. The number of ether oxygens (including phenoxy) is 1. The minimum absolute atomic E-state index is 0.161. The first-order valence-corrected chi connectivity index (χ1v) is 13.4. The molecule has 0 bridgehead atoms. The van der Waals surface area contributed by atoms with Crippen LogP contribution in [0.1, 0.15) is 77.4 Å². The van der Waals surface area contributed by atoms with Gasteiger partial charge in [-0.2, -0.15) is 13.2 Å². The van der Waals surface area contributed by atoms with E-state index >= 15 is 0 Å². The quantitative estimate of drug-likeness (QED) is 0.360. The van der Waals surface area contributed by atoms with Crippen molar-refractivity contribution in [3.05, 3.63) is 33.3 Å². The minimum atomic E-state index is -4.56. The van der Waals surface area contributed by atoms with Gasteiger partial charge in [-0.25, -0.2) is 4.98 Å². The van der Waals surface area contributed by atoms with E-state index in [0.717, 1.165) is 11.1 Å². The third-order valence-electron chi connectivity index (χ3n) is 7.18. The summed E-state index contributed by atoms with van der Waals surface area (Å²) < 4.78 is 46.9. The fourth-order valence-electron chi connectivity index (χ4n) is 4.51. The molecule has 0 spiro atoms. The van der Waals surface area contributed by atoms with E-state index in [1.165, 1.54) is 32.1 Å². The molecule has 1 aromatic rings. The second kappa shape index (κ2) is 12.7. The molecule has 1 aliphatic rings. The van der Waals surface area contributed by atoms with Gasteiger partial charge in [0.2, 0.25) is 0 Å². The lowest BCUT2D eigenvalue weighted by Gasteiger charge is -2.34. The van der Waals surface area contributed by atoms with Gasteiger partial charge in [0.15, 0.2) is 0 Å². The second-order valence-electron chi connectivity index (χ2n) is 10.6. The summed E-state index contributed by atoms with van der Waals surface area (Å²) in [5.41, 5.74) is -0.966. The number of alkyl halides is 3. The summed E-state index contributed by atoms with van der Waals surface area (Å²) in [5, 5.41) is 24.1. The van der Waals surface area contributed by atoms with Gasteiger partial charge in [0.05, 0.1) is 34.7 Å². The summed E-state index contributed by atoms with van der Waals surface area (Å²) in [6.45, 7) is 9.73. The molecule has 5 atom stereocenters. The molecule has 6 nitrogen and oxygen atoms in total. The number of aliphatic hydroxyl groups is 2. The van der Waals surface area contributed by atoms with Crippen LogP contribution in [-0.2, 0) is 14.3 Å². The van der Waals surface area contributed by atoms with Gasteiger partial charge in [-0.15, -0.1) is 11.3 Å². The SMILES string of the molecule is C/C(=C\c1csc(C)n1)C1C/C=C(/C(F)(F)F)CCCC(C)C(O)C(C)C(=O)C(C)(C)[C@@H](O)CC(=O)O1. The number of esters is 1. The predicted octanol–water partition coefficient (Wildman–Crippen LogP) is 5.81. The Hall–Kier alpha value is -2.04. The molecule has 37 heavy (non-hydrogen) atoms. The molecule has 0 fully saturated rings. The standard InChI is InChI=1S/C27H38F3NO5S/c1-15-8-7-9-19(27(28,29)30)10-11-21(16(2)12-20-14-37-18(4)31-20)36-23(33)13-22(32)26(5,6)25(35)17(3)24(15)34/h10,12,14-15,17,21-22,24,32,34H,7-9,11,13H2,1-6H3/b16-12+,19-10+/t15?,17?,21?,22-,24?/m0/s1. The maximum Gasteiger partial charge on any atom is 0.412 e. The largest absolute Gasteiger partial charge is 0.457 e. The number of halogens is 3. The number of hydrogen-bond acceptors (Lipinski definition) is 7. The summed E-state index contributed by atoms with van der Waals surface area (Å²) >= 11 is 1.42. The monoisotopic (exact) mass is 545 g/mol. The highest BCUT2D eigenvalue weighted by Gasteiger charge is 2.42. The van der Waals surface area contributed by atoms with Gasteiger partial charge in [-0.05, 0) is 50.7 Å². The highest BCUT2D eigenvalue weighted by atomic mass is 32.1. The average molecular weight is 546 g/mol. The molecule has 0 saturated heterocycles. The van der Waals surface area contributed by atoms with Crippen LogP contribution in [0.5, 0.6) is 0 Å². The summed E-state index contributed by atoms with van der Waals surface area (Å²) in [6, 6.07) is 0. The number of carbonyl (C=O) groups excluding carboxylic acids is 2. The average Bonchev–Trinajstić information content (AvgIpc) is 3.21. The topological polar surface area (TPSA) is 96.7 Å². The Balaban J connectivity index is 2.45. The number of thiazole rings is 1. The molecule has 2 heterocycles. The van der Waals surface area contributed by atoms with Crippen molar-refractivity contribution in [1.82, 2.24) is 4.98 Å². The number of Topliss-reactive ketones (excluding diaryl/α,β-unsaturated/α-hetero) is 1. The number of rotatable bonds is 2. The molecule has 0 aliphatic carbocycles. The molecule has 208 valence electrons. The lowest BCUT2D eigenvalue weighted by molar-refractivity contribution is -0.154. The smallest absolute Gasteiger partial charge is 0.412 e. The molecule has 4 unspecified atom stereocenters. The Morgan fingerprint density at radius 1 is 1.24 bits per heavy atom. The number of nitrogens with zero attached hydrogens (tertiary/aromatic N) is 1. The minimum Gasteiger partial charge on any atom is -0.457 e. The van der Waals surface area contributed by atoms with E-state index in [1.807, 2.05) is 6.92 Å². The lowest BCUT2D eigenvalue weighted by Crippen LogP contribution is -2.45. The van der Waals surface area contributed by atoms with Gasteiger partial charge in [0, 0.05) is 23.3 Å². The van der Waals surface area contributed by atoms with Crippen LogP contribution >= 0.6 is 11.3 Å². The molecule has 0 radical (unpaired) electrons. The zero-order chi connectivity index (χ0) is 28.1. The third kappa shape index (κ3) is 8.48. The summed E-state index contributed by atoms with van der Waals surface area (Å²) in [5.74, 6) is -2.57. The van der Waals surface area contributed by atoms with E-state index in [2.05, 4.69) is 4.98 Å². The zero-order valence-corrected chi connectivity index (χ0v) is 23.1. The molecule has 1 aromatic heterocycles. The van der Waals surface area contributed by atoms with Crippen molar-refractivity contribution in [2.45, 2.75) is 98.1 Å². The van der Waals surface area contributed by atoms with E-state index < -0.39 is 65.5 Å². The number of ketones is 1. The van der Waals surface area contributed by atoms with E-state index in [9.17, 15) is 33.0 Å². The van der Waals surface area contributed by atoms with Crippen molar-refractivity contribution in [3.63, 3.8) is 0 Å². The Bertz CT molecular complexity index is 1010. The maximum atomic E-state index is 13.8. The van der Waals surface area contributed by atoms with Gasteiger partial charge in [-0.1, -0.05) is 33.8 Å². The van der Waals surface area contributed by atoms with Crippen LogP contribution in [0.25, 0.3) is 6.08 Å². The van der Waals surface area contributed by atoms with Crippen molar-refractivity contribution in [2.24, 2.45) is 17.3 Å². The van der Waals surface area contributed by atoms with Gasteiger partial charge in [0.1, 0.15) is 11.9 Å². The van der Waals surface area contributed by atoms with Crippen molar-refractivity contribution in [1.29, 1.82) is 0 Å². The van der Waals surface area contributed by atoms with Crippen LogP contribution < -0.4 is 0 Å². The Labute approximate surface area is 220 Å². The second-order valence-corrected chi connectivity index (χ2v) is 11.6. The van der Waals surface area contributed by atoms with Crippen molar-refractivity contribution < 1.29 is 37.7 Å². The van der Waals surface area contributed by atoms with Crippen LogP contribution in [0, 0.1) is 24.2 Å². The summed E-state index contributed by atoms with van der Waals surface area (Å²) in [4.78, 5) is 30.3. The first-order valence-electron chi connectivity index (χ1n) is 12.5. The molecule has 0 amide bonds. The third-order valence-corrected chi connectivity index (χ3v) is 7.97. The van der Waals surface area contributed by atoms with Crippen molar-refractivity contribution in [3.8, 4) is 0 Å².